The normalized spacial score (nSPS) is 19.4. The van der Waals surface area contributed by atoms with Gasteiger partial charge in [0.15, 0.2) is 0 Å². The van der Waals surface area contributed by atoms with Gasteiger partial charge in [-0.05, 0) is 73.3 Å². The highest BCUT2D eigenvalue weighted by Crippen LogP contribution is 2.61. The van der Waals surface area contributed by atoms with E-state index in [1.165, 1.54) is 0 Å². The Morgan fingerprint density at radius 1 is 1.18 bits per heavy atom. The van der Waals surface area contributed by atoms with Crippen LogP contribution in [0, 0.1) is 18.2 Å². The van der Waals surface area contributed by atoms with Gasteiger partial charge >= 0.3 is 6.18 Å². The monoisotopic (exact) mass is 557 g/mol. The number of fused-ring (bicyclic) bond motifs is 1. The maximum absolute atomic E-state index is 14.5. The summed E-state index contributed by atoms with van der Waals surface area (Å²) in [7, 11) is -1.50. The number of aromatic nitrogens is 1. The van der Waals surface area contributed by atoms with E-state index in [4.69, 9.17) is 9.17 Å². The van der Waals surface area contributed by atoms with Crippen LogP contribution in [0.1, 0.15) is 119 Å². The molecule has 8 heteroatoms. The Hall–Kier alpha value is -1.64. The number of nitrogens with zero attached hydrogens (tertiary/aromatic N) is 1. The number of aliphatic hydroxyl groups is 1. The van der Waals surface area contributed by atoms with Crippen LogP contribution in [0.25, 0.3) is 0 Å². The summed E-state index contributed by atoms with van der Waals surface area (Å²) in [6, 6.07) is 2.62. The summed E-state index contributed by atoms with van der Waals surface area (Å²) >= 11 is 0. The highest BCUT2D eigenvalue weighted by atomic mass is 32.3. The number of alkyl halides is 3. The van der Waals surface area contributed by atoms with Crippen molar-refractivity contribution in [3.8, 4) is 0 Å². The molecular formula is C30H43F4NO2S. The summed E-state index contributed by atoms with van der Waals surface area (Å²) in [6.45, 7) is 16.9. The lowest BCUT2D eigenvalue weighted by Crippen LogP contribution is -2.34. The first-order chi connectivity index (χ1) is 17.2. The van der Waals surface area contributed by atoms with E-state index in [2.05, 4.69) is 47.1 Å². The third-order valence-electron chi connectivity index (χ3n) is 8.33. The van der Waals surface area contributed by atoms with Gasteiger partial charge in [0.2, 0.25) is 0 Å². The maximum Gasteiger partial charge on any atom is 0.419 e. The number of hydrogen-bond donors (Lipinski definition) is 1. The van der Waals surface area contributed by atoms with Crippen LogP contribution in [0.3, 0.4) is 0 Å². The van der Waals surface area contributed by atoms with E-state index in [1.807, 2.05) is 20.8 Å². The fraction of sp³-hybridized carbons (Fsp3) is 0.633. The van der Waals surface area contributed by atoms with Crippen LogP contribution in [0.2, 0.25) is 0 Å². The smallest absolute Gasteiger partial charge is 0.384 e. The van der Waals surface area contributed by atoms with Gasteiger partial charge in [-0.25, -0.2) is 4.39 Å². The maximum atomic E-state index is 14.5. The second-order valence-corrected chi connectivity index (χ2v) is 16.4. The van der Waals surface area contributed by atoms with Crippen molar-refractivity contribution in [2.75, 3.05) is 12.5 Å². The fourth-order valence-corrected chi connectivity index (χ4v) is 6.95. The number of halogens is 4. The van der Waals surface area contributed by atoms with Crippen LogP contribution < -0.4 is 0 Å². The largest absolute Gasteiger partial charge is 0.419 e. The minimum atomic E-state index is -4.81. The molecule has 1 heterocycles. The van der Waals surface area contributed by atoms with Gasteiger partial charge in [-0.15, -0.1) is 10.3 Å². The quantitative estimate of drug-likeness (QED) is 0.346. The molecule has 3 rings (SSSR count). The number of benzene rings is 1. The van der Waals surface area contributed by atoms with Crippen molar-refractivity contribution in [1.29, 1.82) is 0 Å². The van der Waals surface area contributed by atoms with Crippen LogP contribution >= 0.6 is 10.3 Å². The molecule has 214 valence electrons. The van der Waals surface area contributed by atoms with Gasteiger partial charge in [0, 0.05) is 27.3 Å². The van der Waals surface area contributed by atoms with Crippen LogP contribution in [0.15, 0.2) is 18.2 Å². The predicted octanol–water partition coefficient (Wildman–Crippen LogP) is 8.95. The molecule has 0 bridgehead atoms. The molecule has 1 aliphatic carbocycles. The number of aliphatic hydroxyl groups excluding tert-OH is 1. The highest BCUT2D eigenvalue weighted by Gasteiger charge is 2.42. The Balaban J connectivity index is 2.21. The lowest BCUT2D eigenvalue weighted by atomic mass is 9.72. The molecule has 0 radical (unpaired) electrons. The Morgan fingerprint density at radius 3 is 2.29 bits per heavy atom. The predicted molar refractivity (Wildman–Crippen MR) is 148 cm³/mol. The van der Waals surface area contributed by atoms with Crippen LogP contribution in [0.4, 0.5) is 17.6 Å². The van der Waals surface area contributed by atoms with Gasteiger partial charge in [-0.3, -0.25) is 4.98 Å². The molecule has 1 N–H and O–H groups in total. The van der Waals surface area contributed by atoms with Crippen molar-refractivity contribution in [1.82, 2.24) is 4.98 Å². The highest BCUT2D eigenvalue weighted by molar-refractivity contribution is 8.29. The van der Waals surface area contributed by atoms with Crippen molar-refractivity contribution in [2.24, 2.45) is 5.41 Å². The zero-order chi connectivity index (χ0) is 29.0. The Morgan fingerprint density at radius 2 is 1.79 bits per heavy atom. The molecule has 0 fully saturated rings. The molecule has 2 aromatic rings. The van der Waals surface area contributed by atoms with Gasteiger partial charge in [0.05, 0.1) is 11.7 Å². The van der Waals surface area contributed by atoms with Gasteiger partial charge in [0.1, 0.15) is 11.9 Å². The zero-order valence-electron chi connectivity index (χ0n) is 24.3. The third kappa shape index (κ3) is 5.92. The molecule has 0 spiro atoms. The number of pyridine rings is 1. The molecule has 3 nitrogen and oxygen atoms in total. The Bertz CT molecular complexity index is 1190. The molecule has 2 atom stereocenters. The molecule has 1 aromatic heterocycles. The molecule has 1 aliphatic rings. The molecular weight excluding hydrogens is 514 g/mol. The minimum absolute atomic E-state index is 0.0198. The lowest BCUT2D eigenvalue weighted by Gasteiger charge is -2.50. The van der Waals surface area contributed by atoms with Crippen molar-refractivity contribution >= 4 is 10.3 Å². The van der Waals surface area contributed by atoms with E-state index in [0.717, 1.165) is 48.2 Å². The van der Waals surface area contributed by atoms with Gasteiger partial charge in [-0.1, -0.05) is 54.5 Å². The zero-order valence-corrected chi connectivity index (χ0v) is 25.1. The Kier molecular flexibility index (Phi) is 8.45. The Labute approximate surface area is 226 Å². The molecule has 0 saturated carbocycles. The topological polar surface area (TPSA) is 42.4 Å². The molecule has 0 saturated heterocycles. The molecule has 0 aliphatic heterocycles. The number of hydrogen-bond acceptors (Lipinski definition) is 3. The minimum Gasteiger partial charge on any atom is -0.384 e. The van der Waals surface area contributed by atoms with Crippen LogP contribution in [0.5, 0.6) is 0 Å². The standard InChI is InChI=1S/C30H43F4NO2S/c1-11-29(7,8)38(9,10)37-23-16-28(5,6)15-22-24(23)18(4)25(26(35-22)17(2)3)27(36)19-12-13-20(21(31)14-19)30(32,33)34/h12-14,17,23,27,36H,11,15-16H2,1-10H3/t23?,27-/m0/s1. The molecule has 1 unspecified atom stereocenters. The molecule has 1 aromatic carbocycles. The van der Waals surface area contributed by atoms with Crippen molar-refractivity contribution in [2.45, 2.75) is 104 Å². The summed E-state index contributed by atoms with van der Waals surface area (Å²) in [6.07, 6.45) is 0.487. The fourth-order valence-electron chi connectivity index (χ4n) is 5.24. The summed E-state index contributed by atoms with van der Waals surface area (Å²) < 4.78 is 60.9. The van der Waals surface area contributed by atoms with Crippen molar-refractivity contribution in [3.05, 3.63) is 63.2 Å². The van der Waals surface area contributed by atoms with Gasteiger partial charge in [0.25, 0.3) is 0 Å². The summed E-state index contributed by atoms with van der Waals surface area (Å²) in [5.74, 6) is -1.47. The van der Waals surface area contributed by atoms with E-state index in [1.54, 1.807) is 0 Å². The van der Waals surface area contributed by atoms with Crippen molar-refractivity contribution in [3.63, 3.8) is 0 Å². The lowest BCUT2D eigenvalue weighted by molar-refractivity contribution is -0.140. The first-order valence-corrected chi connectivity index (χ1v) is 15.6. The van der Waals surface area contributed by atoms with Crippen molar-refractivity contribution < 1.29 is 26.9 Å². The number of rotatable bonds is 7. The second-order valence-electron chi connectivity index (χ2n) is 12.7. The van der Waals surface area contributed by atoms with E-state index in [-0.39, 0.29) is 27.7 Å². The molecule has 0 amide bonds. The van der Waals surface area contributed by atoms with E-state index >= 15 is 0 Å². The summed E-state index contributed by atoms with van der Waals surface area (Å²) in [5, 5.41) is 11.5. The first kappa shape index (κ1) is 30.9. The summed E-state index contributed by atoms with van der Waals surface area (Å²) in [4.78, 5) is 5.05. The van der Waals surface area contributed by atoms with Crippen LogP contribution in [-0.2, 0) is 16.8 Å². The van der Waals surface area contributed by atoms with Gasteiger partial charge < -0.3 is 9.29 Å². The van der Waals surface area contributed by atoms with E-state index in [0.29, 0.717) is 17.3 Å². The van der Waals surface area contributed by atoms with Gasteiger partial charge in [-0.2, -0.15) is 13.2 Å². The van der Waals surface area contributed by atoms with E-state index < -0.39 is 34.0 Å². The second kappa shape index (κ2) is 10.4. The SMILES string of the molecule is CCC(C)(C)S(C)(C)OC1CC(C)(C)Cc2nc(C(C)C)c([C@@H](O)c3ccc(C(F)(F)F)c(F)c3)c(C)c21. The van der Waals surface area contributed by atoms with Crippen LogP contribution in [-0.4, -0.2) is 27.3 Å². The average molecular weight is 558 g/mol. The summed E-state index contributed by atoms with van der Waals surface area (Å²) in [5.41, 5.74) is 2.56. The first-order valence-electron chi connectivity index (χ1n) is 13.2. The van der Waals surface area contributed by atoms with E-state index in [9.17, 15) is 22.7 Å². The molecule has 38 heavy (non-hydrogen) atoms. The average Bonchev–Trinajstić information content (AvgIpc) is 2.75. The third-order valence-corrected chi connectivity index (χ3v) is 12.0.